The molecular formula is C27H29ClN4O3S2. The van der Waals surface area contributed by atoms with E-state index < -0.39 is 0 Å². The number of piperazine rings is 1. The van der Waals surface area contributed by atoms with Gasteiger partial charge in [0, 0.05) is 37.4 Å². The van der Waals surface area contributed by atoms with Crippen LogP contribution >= 0.6 is 35.2 Å². The third-order valence-electron chi connectivity index (χ3n) is 5.93. The summed E-state index contributed by atoms with van der Waals surface area (Å²) in [5, 5.41) is 8.37. The number of carbonyl (C=O) groups excluding carboxylic acids is 2. The molecule has 7 nitrogen and oxygen atoms in total. The molecule has 2 N–H and O–H groups in total. The molecule has 37 heavy (non-hydrogen) atoms. The minimum absolute atomic E-state index is 0.0756. The van der Waals surface area contributed by atoms with E-state index in [2.05, 4.69) is 22.5 Å². The van der Waals surface area contributed by atoms with Crippen LogP contribution in [0.25, 0.3) is 0 Å². The van der Waals surface area contributed by atoms with Crippen molar-refractivity contribution in [2.24, 2.45) is 0 Å². The molecule has 4 rings (SSSR count). The van der Waals surface area contributed by atoms with E-state index in [1.54, 1.807) is 24.3 Å². The van der Waals surface area contributed by atoms with Crippen LogP contribution in [0.1, 0.15) is 39.8 Å². The normalized spacial score (nSPS) is 13.2. The zero-order chi connectivity index (χ0) is 26.2. The van der Waals surface area contributed by atoms with Crippen molar-refractivity contribution in [3.05, 3.63) is 75.4 Å². The third-order valence-corrected chi connectivity index (χ3v) is 7.30. The van der Waals surface area contributed by atoms with Gasteiger partial charge in [0.05, 0.1) is 22.2 Å². The largest absolute Gasteiger partial charge is 0.494 e. The molecule has 1 saturated heterocycles. The summed E-state index contributed by atoms with van der Waals surface area (Å²) in [7, 11) is 0. The van der Waals surface area contributed by atoms with Crippen LogP contribution in [-0.2, 0) is 0 Å². The number of hydrogen-bond donors (Lipinski definition) is 2. The van der Waals surface area contributed by atoms with E-state index in [1.807, 2.05) is 40.6 Å². The molecule has 194 valence electrons. The monoisotopic (exact) mass is 556 g/mol. The number of hydrogen-bond acceptors (Lipinski definition) is 6. The lowest BCUT2D eigenvalue weighted by Crippen LogP contribution is -2.48. The van der Waals surface area contributed by atoms with Crippen LogP contribution in [0.2, 0.25) is 5.02 Å². The first kappa shape index (κ1) is 26.9. The van der Waals surface area contributed by atoms with Crippen molar-refractivity contribution in [3.63, 3.8) is 0 Å². The standard InChI is InChI=1S/C27H29ClN4O3S2/c1-2-3-15-35-21-7-4-6-19(17-21)25(33)30-27(36)29-20-9-10-23(22(28)18-20)31-11-13-32(14-12-31)26(34)24-8-5-16-37-24/h4-10,16-18H,2-3,11-15H2,1H3,(H2,29,30,33,36). The van der Waals surface area contributed by atoms with Crippen molar-refractivity contribution in [2.75, 3.05) is 43.0 Å². The Morgan fingerprint density at radius 2 is 1.89 bits per heavy atom. The highest BCUT2D eigenvalue weighted by Crippen LogP contribution is 2.30. The van der Waals surface area contributed by atoms with Gasteiger partial charge < -0.3 is 19.9 Å². The summed E-state index contributed by atoms with van der Waals surface area (Å²) in [6.07, 6.45) is 2.00. The summed E-state index contributed by atoms with van der Waals surface area (Å²) in [5.41, 5.74) is 2.02. The molecule has 1 aromatic heterocycles. The number of anilines is 2. The van der Waals surface area contributed by atoms with Crippen LogP contribution in [0.5, 0.6) is 5.75 Å². The Bertz CT molecular complexity index is 1240. The third kappa shape index (κ3) is 7.21. The number of amides is 2. The Labute approximate surface area is 231 Å². The van der Waals surface area contributed by atoms with Gasteiger partial charge in [-0.15, -0.1) is 11.3 Å². The molecule has 1 aliphatic heterocycles. The first-order valence-electron chi connectivity index (χ1n) is 12.2. The Hall–Kier alpha value is -3.14. The first-order chi connectivity index (χ1) is 17.9. The number of carbonyl (C=O) groups is 2. The Morgan fingerprint density at radius 1 is 1.08 bits per heavy atom. The fourth-order valence-electron chi connectivity index (χ4n) is 3.95. The molecule has 3 aromatic rings. The second-order valence-electron chi connectivity index (χ2n) is 8.56. The zero-order valence-electron chi connectivity index (χ0n) is 20.5. The molecule has 0 radical (unpaired) electrons. The summed E-state index contributed by atoms with van der Waals surface area (Å²) in [4.78, 5) is 30.0. The topological polar surface area (TPSA) is 73.9 Å². The summed E-state index contributed by atoms with van der Waals surface area (Å²) < 4.78 is 5.68. The van der Waals surface area contributed by atoms with Gasteiger partial charge in [0.15, 0.2) is 5.11 Å². The number of thiocarbonyl (C=S) groups is 1. The van der Waals surface area contributed by atoms with Crippen LogP contribution < -0.4 is 20.3 Å². The molecule has 1 aliphatic rings. The van der Waals surface area contributed by atoms with Crippen molar-refractivity contribution in [1.82, 2.24) is 10.2 Å². The summed E-state index contributed by atoms with van der Waals surface area (Å²) in [6.45, 7) is 5.36. The van der Waals surface area contributed by atoms with Gasteiger partial charge in [0.2, 0.25) is 0 Å². The molecule has 0 aliphatic carbocycles. The first-order valence-corrected chi connectivity index (χ1v) is 13.8. The van der Waals surface area contributed by atoms with E-state index in [-0.39, 0.29) is 16.9 Å². The van der Waals surface area contributed by atoms with Crippen molar-refractivity contribution in [1.29, 1.82) is 0 Å². The van der Waals surface area contributed by atoms with Gasteiger partial charge in [-0.2, -0.15) is 0 Å². The molecule has 2 amide bonds. The van der Waals surface area contributed by atoms with Gasteiger partial charge in [-0.1, -0.05) is 37.1 Å². The fraction of sp³-hybridized carbons (Fsp3) is 0.296. The van der Waals surface area contributed by atoms with Gasteiger partial charge in [0.25, 0.3) is 11.8 Å². The van der Waals surface area contributed by atoms with Crippen LogP contribution in [0.4, 0.5) is 11.4 Å². The maximum absolute atomic E-state index is 12.7. The number of unbranched alkanes of at least 4 members (excludes halogenated alkanes) is 1. The summed E-state index contributed by atoms with van der Waals surface area (Å²) in [6, 6.07) is 16.3. The number of nitrogens with one attached hydrogen (secondary N) is 2. The predicted molar refractivity (Wildman–Crippen MR) is 154 cm³/mol. The van der Waals surface area contributed by atoms with Gasteiger partial charge in [-0.3, -0.25) is 14.9 Å². The van der Waals surface area contributed by atoms with Gasteiger partial charge >= 0.3 is 0 Å². The molecule has 0 bridgehead atoms. The highest BCUT2D eigenvalue weighted by molar-refractivity contribution is 7.80. The lowest BCUT2D eigenvalue weighted by molar-refractivity contribution is 0.0751. The average molecular weight is 557 g/mol. The number of ether oxygens (including phenoxy) is 1. The second-order valence-corrected chi connectivity index (χ2v) is 10.3. The molecule has 0 spiro atoms. The molecule has 10 heteroatoms. The zero-order valence-corrected chi connectivity index (χ0v) is 22.9. The lowest BCUT2D eigenvalue weighted by Gasteiger charge is -2.36. The number of benzene rings is 2. The minimum Gasteiger partial charge on any atom is -0.494 e. The van der Waals surface area contributed by atoms with Gasteiger partial charge in [-0.25, -0.2) is 0 Å². The highest BCUT2D eigenvalue weighted by Gasteiger charge is 2.24. The van der Waals surface area contributed by atoms with Gasteiger partial charge in [-0.05, 0) is 66.5 Å². The molecule has 2 aromatic carbocycles. The van der Waals surface area contributed by atoms with Crippen LogP contribution in [0.3, 0.4) is 0 Å². The Kier molecular flexibility index (Phi) is 9.38. The quantitative estimate of drug-likeness (QED) is 0.275. The number of thiophene rings is 1. The van der Waals surface area contributed by atoms with Crippen molar-refractivity contribution in [3.8, 4) is 5.75 Å². The molecular weight excluding hydrogens is 528 g/mol. The van der Waals surface area contributed by atoms with Crippen molar-refractivity contribution in [2.45, 2.75) is 19.8 Å². The summed E-state index contributed by atoms with van der Waals surface area (Å²) in [5.74, 6) is 0.404. The highest BCUT2D eigenvalue weighted by atomic mass is 35.5. The second kappa shape index (κ2) is 12.9. The lowest BCUT2D eigenvalue weighted by atomic mass is 10.2. The average Bonchev–Trinajstić information content (AvgIpc) is 3.44. The van der Waals surface area contributed by atoms with Crippen LogP contribution in [-0.4, -0.2) is 54.6 Å². The Balaban J connectivity index is 1.29. The van der Waals surface area contributed by atoms with E-state index in [4.69, 9.17) is 28.6 Å². The Morgan fingerprint density at radius 3 is 2.59 bits per heavy atom. The van der Waals surface area contributed by atoms with E-state index in [1.165, 1.54) is 11.3 Å². The van der Waals surface area contributed by atoms with E-state index >= 15 is 0 Å². The molecule has 0 atom stereocenters. The number of halogens is 1. The van der Waals surface area contributed by atoms with E-state index in [0.29, 0.717) is 54.8 Å². The number of nitrogens with zero attached hydrogens (tertiary/aromatic N) is 2. The maximum Gasteiger partial charge on any atom is 0.264 e. The fourth-order valence-corrected chi connectivity index (χ4v) is 5.15. The molecule has 1 fully saturated rings. The predicted octanol–water partition coefficient (Wildman–Crippen LogP) is 5.67. The van der Waals surface area contributed by atoms with Gasteiger partial charge in [0.1, 0.15) is 5.75 Å². The number of rotatable bonds is 8. The van der Waals surface area contributed by atoms with E-state index in [0.717, 1.165) is 23.4 Å². The van der Waals surface area contributed by atoms with Crippen molar-refractivity contribution >= 4 is 63.5 Å². The van der Waals surface area contributed by atoms with E-state index in [9.17, 15) is 9.59 Å². The SMILES string of the molecule is CCCCOc1cccc(C(=O)NC(=S)Nc2ccc(N3CCN(C(=O)c4cccs4)CC3)c(Cl)c2)c1. The summed E-state index contributed by atoms with van der Waals surface area (Å²) >= 11 is 13.4. The smallest absolute Gasteiger partial charge is 0.264 e. The maximum atomic E-state index is 12.7. The molecule has 0 unspecified atom stereocenters. The van der Waals surface area contributed by atoms with Crippen LogP contribution in [0.15, 0.2) is 60.0 Å². The molecule has 0 saturated carbocycles. The van der Waals surface area contributed by atoms with Crippen LogP contribution in [0, 0.1) is 0 Å². The molecule has 2 heterocycles. The minimum atomic E-state index is -0.323. The van der Waals surface area contributed by atoms with Crippen molar-refractivity contribution < 1.29 is 14.3 Å².